The lowest BCUT2D eigenvalue weighted by atomic mass is 9.73. The molecule has 0 aliphatic carbocycles. The molecule has 3 fully saturated rings. The molecule has 3 saturated heterocycles. The topological polar surface area (TPSA) is 88.4 Å². The number of amides is 2. The molecule has 2 amide bonds. The fraction of sp³-hybridized carbons (Fsp3) is 0.522. The van der Waals surface area contributed by atoms with E-state index in [4.69, 9.17) is 0 Å². The summed E-state index contributed by atoms with van der Waals surface area (Å²) < 4.78 is 3.05. The molecule has 0 saturated carbocycles. The van der Waals surface area contributed by atoms with E-state index in [1.807, 2.05) is 18.2 Å². The SMILES string of the molecule is Cn1c(=O)n(C2CCC(=O)NC2=O)c2cccc(C#CCN3CCC4(CC3)CNC4)c21. The van der Waals surface area contributed by atoms with Gasteiger partial charge in [0.1, 0.15) is 6.04 Å². The quantitative estimate of drug-likeness (QED) is 0.540. The second-order valence-corrected chi connectivity index (χ2v) is 9.03. The maximum absolute atomic E-state index is 13.0. The van der Waals surface area contributed by atoms with Crippen LogP contribution < -0.4 is 16.3 Å². The average molecular weight is 422 g/mol. The second kappa shape index (κ2) is 7.66. The first kappa shape index (κ1) is 20.0. The monoisotopic (exact) mass is 421 g/mol. The Bertz CT molecular complexity index is 1170. The number of aryl methyl sites for hydroxylation is 1. The molecular formula is C23H27N5O3. The van der Waals surface area contributed by atoms with Crippen LogP contribution in [-0.4, -0.2) is 58.6 Å². The summed E-state index contributed by atoms with van der Waals surface area (Å²) in [7, 11) is 1.70. The van der Waals surface area contributed by atoms with Gasteiger partial charge in [-0.2, -0.15) is 0 Å². The summed E-state index contributed by atoms with van der Waals surface area (Å²) >= 11 is 0. The van der Waals surface area contributed by atoms with Crippen LogP contribution in [0.25, 0.3) is 11.0 Å². The number of likely N-dealkylation sites (tertiary alicyclic amines) is 1. The van der Waals surface area contributed by atoms with Crippen LogP contribution in [0.15, 0.2) is 23.0 Å². The van der Waals surface area contributed by atoms with Crippen molar-refractivity contribution in [3.63, 3.8) is 0 Å². The molecule has 1 aromatic heterocycles. The van der Waals surface area contributed by atoms with E-state index in [1.54, 1.807) is 11.6 Å². The van der Waals surface area contributed by atoms with Gasteiger partial charge >= 0.3 is 5.69 Å². The minimum atomic E-state index is -0.682. The predicted molar refractivity (Wildman–Crippen MR) is 116 cm³/mol. The van der Waals surface area contributed by atoms with Crippen LogP contribution in [0.3, 0.4) is 0 Å². The fourth-order valence-electron chi connectivity index (χ4n) is 5.03. The highest BCUT2D eigenvalue weighted by molar-refractivity contribution is 6.00. The van der Waals surface area contributed by atoms with Gasteiger partial charge in [0, 0.05) is 26.6 Å². The van der Waals surface area contributed by atoms with E-state index in [2.05, 4.69) is 27.4 Å². The number of carbonyl (C=O) groups is 2. The van der Waals surface area contributed by atoms with E-state index in [0.717, 1.165) is 37.3 Å². The van der Waals surface area contributed by atoms with Crippen LogP contribution in [0.5, 0.6) is 0 Å². The Morgan fingerprint density at radius 2 is 1.94 bits per heavy atom. The van der Waals surface area contributed by atoms with E-state index in [-0.39, 0.29) is 18.0 Å². The second-order valence-electron chi connectivity index (χ2n) is 9.03. The molecule has 1 atom stereocenters. The van der Waals surface area contributed by atoms with Crippen LogP contribution >= 0.6 is 0 Å². The van der Waals surface area contributed by atoms with Gasteiger partial charge in [-0.05, 0) is 49.9 Å². The Morgan fingerprint density at radius 3 is 2.61 bits per heavy atom. The maximum atomic E-state index is 13.0. The average Bonchev–Trinajstić information content (AvgIpc) is 2.99. The van der Waals surface area contributed by atoms with Gasteiger partial charge in [-0.25, -0.2) is 4.79 Å². The highest BCUT2D eigenvalue weighted by atomic mass is 16.2. The van der Waals surface area contributed by atoms with Crippen LogP contribution in [0.1, 0.15) is 37.3 Å². The van der Waals surface area contributed by atoms with Crippen LogP contribution in [-0.2, 0) is 16.6 Å². The van der Waals surface area contributed by atoms with Crippen LogP contribution in [0.2, 0.25) is 0 Å². The third-order valence-corrected chi connectivity index (χ3v) is 7.07. The molecule has 2 aromatic rings. The van der Waals surface area contributed by atoms with Gasteiger partial charge in [0.2, 0.25) is 11.8 Å². The Labute approximate surface area is 180 Å². The lowest BCUT2D eigenvalue weighted by molar-refractivity contribution is -0.135. The molecule has 8 nitrogen and oxygen atoms in total. The third-order valence-electron chi connectivity index (χ3n) is 7.07. The predicted octanol–water partition coefficient (Wildman–Crippen LogP) is 0.355. The number of fused-ring (bicyclic) bond motifs is 1. The van der Waals surface area contributed by atoms with Gasteiger partial charge in [0.25, 0.3) is 0 Å². The minimum absolute atomic E-state index is 0.228. The van der Waals surface area contributed by atoms with E-state index < -0.39 is 11.9 Å². The molecule has 162 valence electrons. The zero-order chi connectivity index (χ0) is 21.6. The van der Waals surface area contributed by atoms with Crippen molar-refractivity contribution in [3.05, 3.63) is 34.2 Å². The Kier molecular flexibility index (Phi) is 4.95. The fourth-order valence-corrected chi connectivity index (χ4v) is 5.03. The van der Waals surface area contributed by atoms with Gasteiger partial charge in [0.05, 0.1) is 23.1 Å². The van der Waals surface area contributed by atoms with Crippen molar-refractivity contribution in [2.24, 2.45) is 12.5 Å². The lowest BCUT2D eigenvalue weighted by Gasteiger charge is -2.48. The number of benzene rings is 1. The molecule has 8 heteroatoms. The lowest BCUT2D eigenvalue weighted by Crippen LogP contribution is -2.58. The van der Waals surface area contributed by atoms with Crippen molar-refractivity contribution in [1.82, 2.24) is 24.7 Å². The third kappa shape index (κ3) is 3.48. The normalized spacial score (nSPS) is 23.3. The number of aromatic nitrogens is 2. The first-order valence-electron chi connectivity index (χ1n) is 10.9. The van der Waals surface area contributed by atoms with Gasteiger partial charge in [-0.1, -0.05) is 17.9 Å². The molecular weight excluding hydrogens is 394 g/mol. The number of nitrogens with one attached hydrogen (secondary N) is 2. The molecule has 1 aromatic carbocycles. The van der Waals surface area contributed by atoms with E-state index in [1.165, 1.54) is 17.4 Å². The molecule has 4 heterocycles. The molecule has 0 bridgehead atoms. The number of carbonyl (C=O) groups excluding carboxylic acids is 2. The molecule has 1 spiro atoms. The molecule has 3 aliphatic heterocycles. The maximum Gasteiger partial charge on any atom is 0.329 e. The Hall–Kier alpha value is -2.89. The Balaban J connectivity index is 1.40. The molecule has 0 radical (unpaired) electrons. The smallest absolute Gasteiger partial charge is 0.316 e. The zero-order valence-corrected chi connectivity index (χ0v) is 17.7. The van der Waals surface area contributed by atoms with Crippen LogP contribution in [0.4, 0.5) is 0 Å². The number of para-hydroxylation sites is 1. The first-order valence-corrected chi connectivity index (χ1v) is 10.9. The van der Waals surface area contributed by atoms with E-state index >= 15 is 0 Å². The standard InChI is InChI=1S/C23H27N5O3/c1-26-20-16(5-3-11-27-12-9-23(10-13-27)14-24-15-23)4-2-6-17(20)28(22(26)31)18-7-8-19(29)25-21(18)30/h2,4,6,18,24H,7-15H2,1H3,(H,25,29,30). The van der Waals surface area contributed by atoms with E-state index in [9.17, 15) is 14.4 Å². The number of piperidine rings is 2. The number of imidazole rings is 1. The number of rotatable bonds is 2. The summed E-state index contributed by atoms with van der Waals surface area (Å²) in [5.74, 6) is 5.83. The summed E-state index contributed by atoms with van der Waals surface area (Å²) in [6, 6.07) is 4.93. The van der Waals surface area contributed by atoms with Crippen molar-refractivity contribution in [2.75, 3.05) is 32.7 Å². The molecule has 5 rings (SSSR count). The molecule has 2 N–H and O–H groups in total. The van der Waals surface area contributed by atoms with Crippen molar-refractivity contribution < 1.29 is 9.59 Å². The number of nitrogens with zero attached hydrogens (tertiary/aromatic N) is 3. The molecule has 3 aliphatic rings. The highest BCUT2D eigenvalue weighted by Gasteiger charge is 2.39. The van der Waals surface area contributed by atoms with Gasteiger partial charge in [0.15, 0.2) is 0 Å². The van der Waals surface area contributed by atoms with Gasteiger partial charge in [-0.3, -0.25) is 28.9 Å². The van der Waals surface area contributed by atoms with Crippen LogP contribution in [0, 0.1) is 17.3 Å². The molecule has 1 unspecified atom stereocenters. The summed E-state index contributed by atoms with van der Waals surface area (Å²) in [5, 5.41) is 5.73. The largest absolute Gasteiger partial charge is 0.329 e. The van der Waals surface area contributed by atoms with Crippen molar-refractivity contribution in [3.8, 4) is 11.8 Å². The molecule has 31 heavy (non-hydrogen) atoms. The first-order chi connectivity index (χ1) is 15.0. The van der Waals surface area contributed by atoms with Gasteiger partial charge < -0.3 is 5.32 Å². The van der Waals surface area contributed by atoms with Gasteiger partial charge in [-0.15, -0.1) is 0 Å². The summed E-state index contributed by atoms with van der Waals surface area (Å²) in [6.07, 6.45) is 3.00. The summed E-state index contributed by atoms with van der Waals surface area (Å²) in [6.45, 7) is 5.15. The van der Waals surface area contributed by atoms with Crippen molar-refractivity contribution in [1.29, 1.82) is 0 Å². The number of hydrogen-bond donors (Lipinski definition) is 2. The van der Waals surface area contributed by atoms with Crippen molar-refractivity contribution >= 4 is 22.8 Å². The minimum Gasteiger partial charge on any atom is -0.316 e. The van der Waals surface area contributed by atoms with E-state index in [0.29, 0.717) is 23.9 Å². The summed E-state index contributed by atoms with van der Waals surface area (Å²) in [4.78, 5) is 39.3. The highest BCUT2D eigenvalue weighted by Crippen LogP contribution is 2.34. The Morgan fingerprint density at radius 1 is 1.16 bits per heavy atom. The number of hydrogen-bond acceptors (Lipinski definition) is 5. The number of imide groups is 1. The zero-order valence-electron chi connectivity index (χ0n) is 17.7. The summed E-state index contributed by atoms with van der Waals surface area (Å²) in [5.41, 5.74) is 2.43. The van der Waals surface area contributed by atoms with Crippen molar-refractivity contribution in [2.45, 2.75) is 31.7 Å².